The number of methoxy groups -OCH3 is 1. The molecule has 0 fully saturated rings. The summed E-state index contributed by atoms with van der Waals surface area (Å²) < 4.78 is 20.5. The van der Waals surface area contributed by atoms with Gasteiger partial charge in [0, 0.05) is 18.2 Å². The van der Waals surface area contributed by atoms with Gasteiger partial charge in [0.15, 0.2) is 5.54 Å². The fourth-order valence-corrected chi connectivity index (χ4v) is 4.57. The van der Waals surface area contributed by atoms with E-state index >= 15 is 4.39 Å². The minimum Gasteiger partial charge on any atom is -0.497 e. The van der Waals surface area contributed by atoms with Crippen LogP contribution in [0.1, 0.15) is 38.8 Å². The highest BCUT2D eigenvalue weighted by Crippen LogP contribution is 2.54. The van der Waals surface area contributed by atoms with Crippen molar-refractivity contribution in [2.75, 3.05) is 12.0 Å². The molecule has 5 nitrogen and oxygen atoms in total. The van der Waals surface area contributed by atoms with E-state index in [9.17, 15) is 9.59 Å². The van der Waals surface area contributed by atoms with Gasteiger partial charge in [0.05, 0.1) is 18.4 Å². The molecule has 0 bridgehead atoms. The fraction of sp³-hybridized carbons (Fsp3) is 0.333. The predicted molar refractivity (Wildman–Crippen MR) is 113 cm³/mol. The number of anilines is 1. The molecule has 2 aliphatic heterocycles. The lowest BCUT2D eigenvalue weighted by atomic mass is 9.84. The van der Waals surface area contributed by atoms with E-state index in [1.165, 1.54) is 17.0 Å². The quantitative estimate of drug-likeness (QED) is 0.766. The fourth-order valence-electron chi connectivity index (χ4n) is 4.57. The molecule has 2 heterocycles. The smallest absolute Gasteiger partial charge is 0.262 e. The average molecular weight is 408 g/mol. The van der Waals surface area contributed by atoms with Crippen LogP contribution in [0.2, 0.25) is 0 Å². The van der Waals surface area contributed by atoms with Gasteiger partial charge < -0.3 is 14.5 Å². The zero-order chi connectivity index (χ0) is 21.8. The first kappa shape index (κ1) is 20.1. The third kappa shape index (κ3) is 2.66. The van der Waals surface area contributed by atoms with Gasteiger partial charge in [-0.25, -0.2) is 4.39 Å². The van der Waals surface area contributed by atoms with Crippen molar-refractivity contribution in [3.8, 4) is 5.75 Å². The Kier molecular flexibility index (Phi) is 4.49. The zero-order valence-electron chi connectivity index (χ0n) is 17.8. The summed E-state index contributed by atoms with van der Waals surface area (Å²) in [6, 6.07) is 12.0. The molecule has 0 aromatic heterocycles. The molecule has 0 aliphatic carbocycles. The van der Waals surface area contributed by atoms with Crippen LogP contribution in [0.15, 0.2) is 54.1 Å². The molecule has 30 heavy (non-hydrogen) atoms. The van der Waals surface area contributed by atoms with Crippen molar-refractivity contribution in [2.45, 2.75) is 45.3 Å². The van der Waals surface area contributed by atoms with E-state index in [0.717, 1.165) is 5.56 Å². The van der Waals surface area contributed by atoms with E-state index < -0.39 is 16.9 Å². The van der Waals surface area contributed by atoms with E-state index in [1.54, 1.807) is 43.2 Å². The summed E-state index contributed by atoms with van der Waals surface area (Å²) in [5, 5.41) is 0. The van der Waals surface area contributed by atoms with Gasteiger partial charge in [-0.3, -0.25) is 9.59 Å². The van der Waals surface area contributed by atoms with E-state index in [1.807, 2.05) is 32.9 Å². The molecule has 0 saturated heterocycles. The number of benzene rings is 2. The van der Waals surface area contributed by atoms with Crippen LogP contribution in [0.4, 0.5) is 10.1 Å². The molecule has 6 heteroatoms. The highest BCUT2D eigenvalue weighted by molar-refractivity contribution is 6.15. The molecular weight excluding hydrogens is 383 g/mol. The second-order valence-corrected chi connectivity index (χ2v) is 8.76. The minimum atomic E-state index is -1.48. The Labute approximate surface area is 175 Å². The number of amides is 2. The third-order valence-electron chi connectivity index (χ3n) is 5.86. The molecule has 2 aliphatic rings. The number of nitrogens with zero attached hydrogens (tertiary/aromatic N) is 2. The molecule has 1 spiro atoms. The van der Waals surface area contributed by atoms with Gasteiger partial charge in [-0.2, -0.15) is 0 Å². The molecule has 4 rings (SSSR count). The first-order valence-electron chi connectivity index (χ1n) is 9.89. The van der Waals surface area contributed by atoms with Gasteiger partial charge >= 0.3 is 0 Å². The summed E-state index contributed by atoms with van der Waals surface area (Å²) in [7, 11) is 1.58. The Morgan fingerprint density at radius 1 is 1.07 bits per heavy atom. The van der Waals surface area contributed by atoms with Crippen molar-refractivity contribution >= 4 is 17.5 Å². The number of ether oxygens (including phenoxy) is 1. The molecule has 0 N–H and O–H groups in total. The van der Waals surface area contributed by atoms with Crippen LogP contribution >= 0.6 is 0 Å². The molecule has 0 radical (unpaired) electrons. The van der Waals surface area contributed by atoms with Crippen LogP contribution < -0.4 is 9.64 Å². The lowest BCUT2D eigenvalue weighted by molar-refractivity contribution is -0.139. The van der Waals surface area contributed by atoms with E-state index in [2.05, 4.69) is 0 Å². The molecule has 0 saturated carbocycles. The molecule has 1 atom stereocenters. The normalized spacial score (nSPS) is 20.8. The third-order valence-corrected chi connectivity index (χ3v) is 5.86. The Bertz CT molecular complexity index is 1070. The number of fused-ring (bicyclic) bond motifs is 2. The van der Waals surface area contributed by atoms with Crippen LogP contribution in [-0.4, -0.2) is 29.4 Å². The van der Waals surface area contributed by atoms with E-state index in [0.29, 0.717) is 17.0 Å². The number of carbonyl (C=O) groups excluding carboxylic acids is 2. The molecule has 156 valence electrons. The van der Waals surface area contributed by atoms with Crippen molar-refractivity contribution < 1.29 is 18.7 Å². The number of hydrogen-bond donors (Lipinski definition) is 0. The van der Waals surface area contributed by atoms with Crippen LogP contribution in [0, 0.1) is 5.82 Å². The van der Waals surface area contributed by atoms with Gasteiger partial charge in [0.2, 0.25) is 5.91 Å². The number of hydrogen-bond acceptors (Lipinski definition) is 3. The first-order valence-corrected chi connectivity index (χ1v) is 9.89. The second-order valence-electron chi connectivity index (χ2n) is 8.76. The zero-order valence-corrected chi connectivity index (χ0v) is 17.8. The first-order chi connectivity index (χ1) is 14.1. The standard InChI is InChI=1S/C24H25FN2O3/c1-15-13-20(28)26(14-16-9-11-17(30-5)12-10-16)24(15)21-18(25)7-6-8-19(21)27(22(24)29)23(2,3)4/h6-13H,14H2,1-5H3. The Balaban J connectivity index is 1.90. The van der Waals surface area contributed by atoms with Crippen LogP contribution in [-0.2, 0) is 21.7 Å². The molecule has 2 aromatic carbocycles. The Morgan fingerprint density at radius 2 is 1.73 bits per heavy atom. The maximum Gasteiger partial charge on any atom is 0.262 e. The van der Waals surface area contributed by atoms with Gasteiger partial charge in [0.1, 0.15) is 11.6 Å². The highest BCUT2D eigenvalue weighted by Gasteiger charge is 2.62. The average Bonchev–Trinajstić information content (AvgIpc) is 3.09. The van der Waals surface area contributed by atoms with Crippen molar-refractivity contribution in [3.05, 3.63) is 71.1 Å². The lowest BCUT2D eigenvalue weighted by Crippen LogP contribution is -2.55. The van der Waals surface area contributed by atoms with Gasteiger partial charge in [-0.05, 0) is 63.1 Å². The van der Waals surface area contributed by atoms with Crippen molar-refractivity contribution in [1.82, 2.24) is 4.90 Å². The molecule has 1 unspecified atom stereocenters. The summed E-state index contributed by atoms with van der Waals surface area (Å²) in [6.45, 7) is 7.62. The number of halogens is 1. The topological polar surface area (TPSA) is 49.9 Å². The Hall–Kier alpha value is -3.15. The SMILES string of the molecule is COc1ccc(CN2C(=O)C=C(C)C23C(=O)N(C(C)(C)C)c2cccc(F)c23)cc1. The van der Waals surface area contributed by atoms with Gasteiger partial charge in [-0.15, -0.1) is 0 Å². The second kappa shape index (κ2) is 6.69. The minimum absolute atomic E-state index is 0.175. The maximum atomic E-state index is 15.3. The summed E-state index contributed by atoms with van der Waals surface area (Å²) in [4.78, 5) is 30.1. The van der Waals surface area contributed by atoms with Crippen LogP contribution in [0.25, 0.3) is 0 Å². The summed E-state index contributed by atoms with van der Waals surface area (Å²) in [6.07, 6.45) is 1.45. The van der Waals surface area contributed by atoms with E-state index in [4.69, 9.17) is 4.74 Å². The number of rotatable bonds is 3. The predicted octanol–water partition coefficient (Wildman–Crippen LogP) is 4.16. The Morgan fingerprint density at radius 3 is 2.33 bits per heavy atom. The van der Waals surface area contributed by atoms with Crippen LogP contribution in [0.3, 0.4) is 0 Å². The van der Waals surface area contributed by atoms with Crippen molar-refractivity contribution in [2.24, 2.45) is 0 Å². The summed E-state index contributed by atoms with van der Waals surface area (Å²) in [5.74, 6) is -0.401. The lowest BCUT2D eigenvalue weighted by Gasteiger charge is -2.38. The molecule has 2 aromatic rings. The van der Waals surface area contributed by atoms with Gasteiger partial charge in [0.25, 0.3) is 5.91 Å². The van der Waals surface area contributed by atoms with Gasteiger partial charge in [-0.1, -0.05) is 18.2 Å². The van der Waals surface area contributed by atoms with Crippen molar-refractivity contribution in [1.29, 1.82) is 0 Å². The monoisotopic (exact) mass is 408 g/mol. The number of carbonyl (C=O) groups is 2. The van der Waals surface area contributed by atoms with Crippen LogP contribution in [0.5, 0.6) is 5.75 Å². The van der Waals surface area contributed by atoms with E-state index in [-0.39, 0.29) is 23.9 Å². The summed E-state index contributed by atoms with van der Waals surface area (Å²) >= 11 is 0. The molecule has 2 amide bonds. The molecular formula is C24H25FN2O3. The van der Waals surface area contributed by atoms with Crippen molar-refractivity contribution in [3.63, 3.8) is 0 Å². The largest absolute Gasteiger partial charge is 0.497 e. The summed E-state index contributed by atoms with van der Waals surface area (Å²) in [5.41, 5.74) is 0.0505. The highest BCUT2D eigenvalue weighted by atomic mass is 19.1. The maximum absolute atomic E-state index is 15.3.